The number of methoxy groups -OCH3 is 2. The fourth-order valence-corrected chi connectivity index (χ4v) is 6.55. The van der Waals surface area contributed by atoms with E-state index in [9.17, 15) is 9.59 Å². The van der Waals surface area contributed by atoms with Gasteiger partial charge in [-0.3, -0.25) is 0 Å². The van der Waals surface area contributed by atoms with Gasteiger partial charge in [0.15, 0.2) is 0 Å². The number of benzene rings is 2. The van der Waals surface area contributed by atoms with Gasteiger partial charge in [0, 0.05) is 0 Å². The van der Waals surface area contributed by atoms with E-state index in [1.165, 1.54) is 43.0 Å². The molecule has 5 rings (SSSR count). The SMILES string of the molecule is C=CN([C]#[U])C(=O)c1ccc2c(C3CCCCC3)c3n(c2c1)CC(C(=O)OC)=Cc1cc(OC)ccc1-3. The normalized spacial score (nSPS) is 15.1. The van der Waals surface area contributed by atoms with Crippen LogP contribution in [0.3, 0.4) is 0 Å². The fraction of sp³-hybridized carbons (Fsp3) is 0.300. The molecule has 1 aromatic heterocycles. The van der Waals surface area contributed by atoms with Crippen LogP contribution in [0.5, 0.6) is 5.75 Å². The van der Waals surface area contributed by atoms with Crippen LogP contribution in [0.1, 0.15) is 59.5 Å². The number of aromatic nitrogens is 1. The molecule has 0 spiro atoms. The summed E-state index contributed by atoms with van der Waals surface area (Å²) in [5.41, 5.74) is 6.47. The molecule has 2 aromatic carbocycles. The molecule has 1 aliphatic carbocycles. The number of fused-ring (bicyclic) bond motifs is 5. The molecule has 0 radical (unpaired) electrons. The summed E-state index contributed by atoms with van der Waals surface area (Å²) < 4.78 is 15.9. The number of hydrogen-bond donors (Lipinski definition) is 0. The van der Waals surface area contributed by atoms with Crippen LogP contribution >= 0.6 is 0 Å². The van der Waals surface area contributed by atoms with E-state index >= 15 is 0 Å². The number of carbonyl (C=O) groups excluding carboxylic acids is 2. The molecule has 187 valence electrons. The van der Waals surface area contributed by atoms with Crippen molar-refractivity contribution in [2.24, 2.45) is 0 Å². The van der Waals surface area contributed by atoms with Gasteiger partial charge in [-0.2, -0.15) is 0 Å². The van der Waals surface area contributed by atoms with Crippen molar-refractivity contribution in [3.63, 3.8) is 0 Å². The summed E-state index contributed by atoms with van der Waals surface area (Å²) in [4.78, 5) is 27.5. The average molecular weight is 720 g/mol. The Morgan fingerprint density at radius 3 is 2.59 bits per heavy atom. The van der Waals surface area contributed by atoms with Gasteiger partial charge in [0.25, 0.3) is 0 Å². The van der Waals surface area contributed by atoms with E-state index in [2.05, 4.69) is 26.2 Å². The van der Waals surface area contributed by atoms with Crippen LogP contribution in [0.15, 0.2) is 54.8 Å². The molecule has 1 fully saturated rings. The molecule has 0 unspecified atom stereocenters. The Hall–Kier alpha value is -2.97. The molecule has 6 nitrogen and oxygen atoms in total. The summed E-state index contributed by atoms with van der Waals surface area (Å²) in [6.45, 7) is 4.11. The van der Waals surface area contributed by atoms with Crippen molar-refractivity contribution >= 4 is 28.9 Å². The molecular formula is C30H29N2O4U. The Bertz CT molecular complexity index is 1490. The quantitative estimate of drug-likeness (QED) is 0.241. The number of ether oxygens (including phenoxy) is 2. The molecule has 3 aromatic rings. The molecule has 2 heterocycles. The van der Waals surface area contributed by atoms with Crippen molar-refractivity contribution in [3.8, 4) is 19.9 Å². The molecule has 0 saturated heterocycles. The molecule has 1 amide bonds. The molecule has 0 bridgehead atoms. The molecule has 7 heteroatoms. The summed E-state index contributed by atoms with van der Waals surface area (Å²) in [6, 6.07) is 12.0. The molecule has 1 saturated carbocycles. The zero-order valence-electron chi connectivity index (χ0n) is 21.2. The van der Waals surface area contributed by atoms with Gasteiger partial charge in [-0.15, -0.1) is 0 Å². The first-order valence-corrected chi connectivity index (χ1v) is 14.6. The topological polar surface area (TPSA) is 60.8 Å². The van der Waals surface area contributed by atoms with Gasteiger partial charge in [0.2, 0.25) is 0 Å². The van der Waals surface area contributed by atoms with Gasteiger partial charge >= 0.3 is 224 Å². The van der Waals surface area contributed by atoms with E-state index in [0.717, 1.165) is 46.3 Å². The van der Waals surface area contributed by atoms with Crippen molar-refractivity contribution in [3.05, 3.63) is 71.4 Å². The van der Waals surface area contributed by atoms with Crippen molar-refractivity contribution < 1.29 is 47.8 Å². The van der Waals surface area contributed by atoms with Gasteiger partial charge in [0.05, 0.1) is 7.11 Å². The van der Waals surface area contributed by atoms with Crippen molar-refractivity contribution in [1.29, 1.82) is 0 Å². The van der Waals surface area contributed by atoms with Gasteiger partial charge in [-0.25, -0.2) is 0 Å². The van der Waals surface area contributed by atoms with Crippen molar-refractivity contribution in [1.82, 2.24) is 9.47 Å². The summed E-state index contributed by atoms with van der Waals surface area (Å²) in [5.74, 6) is 0.626. The zero-order valence-corrected chi connectivity index (χ0v) is 25.3. The van der Waals surface area contributed by atoms with E-state index < -0.39 is 0 Å². The van der Waals surface area contributed by atoms with Gasteiger partial charge < -0.3 is 4.74 Å². The summed E-state index contributed by atoms with van der Waals surface area (Å²) in [6.07, 6.45) is 9.34. The first-order chi connectivity index (χ1) is 18.0. The van der Waals surface area contributed by atoms with Crippen molar-refractivity contribution in [2.75, 3.05) is 14.2 Å². The van der Waals surface area contributed by atoms with E-state index in [0.29, 0.717) is 52.3 Å². The zero-order chi connectivity index (χ0) is 26.1. The summed E-state index contributed by atoms with van der Waals surface area (Å²) in [7, 11) is 3.05. The number of hydrogen-bond acceptors (Lipinski definition) is 4. The fourth-order valence-electron chi connectivity index (χ4n) is 5.75. The number of nitrogens with zero attached hydrogens (tertiary/aromatic N) is 2. The van der Waals surface area contributed by atoms with Crippen LogP contribution in [-0.2, 0) is 16.1 Å². The average Bonchev–Trinajstić information content (AvgIpc) is 3.15. The summed E-state index contributed by atoms with van der Waals surface area (Å²) in [5, 5.41) is 1.14. The maximum absolute atomic E-state index is 13.2. The predicted molar refractivity (Wildman–Crippen MR) is 140 cm³/mol. The second-order valence-electron chi connectivity index (χ2n) is 9.50. The van der Waals surface area contributed by atoms with Gasteiger partial charge in [-0.05, 0) is 0 Å². The standard InChI is InChI=1S/C30H29N2O4.U/c1-5-31(2)29(33)20-11-13-25-26(17-20)32-18-22(30(34)36-4)15-21-16-23(35-3)12-14-24(21)28(32)27(25)19-9-7-6-8-10-19;/h5,11-17,19H,1,6-10,18H2,3-4H3;. The Labute approximate surface area is 235 Å². The van der Waals surface area contributed by atoms with Crippen LogP contribution in [0.4, 0.5) is 0 Å². The van der Waals surface area contributed by atoms with Crippen LogP contribution < -0.4 is 4.74 Å². The molecule has 37 heavy (non-hydrogen) atoms. The molecule has 0 atom stereocenters. The first-order valence-electron chi connectivity index (χ1n) is 12.5. The van der Waals surface area contributed by atoms with E-state index in [1.807, 2.05) is 30.3 Å². The molecular weight excluding hydrogens is 690 g/mol. The molecule has 2 aliphatic rings. The first kappa shape index (κ1) is 25.7. The van der Waals surface area contributed by atoms with E-state index in [-0.39, 0.29) is 11.9 Å². The second kappa shape index (κ2) is 10.8. The molecule has 0 N–H and O–H groups in total. The number of esters is 1. The number of amides is 1. The molecule has 1 aliphatic heterocycles. The van der Waals surface area contributed by atoms with Crippen LogP contribution in [0.25, 0.3) is 28.2 Å². The van der Waals surface area contributed by atoms with Gasteiger partial charge in [-0.1, -0.05) is 0 Å². The van der Waals surface area contributed by atoms with Crippen LogP contribution in [0.2, 0.25) is 0 Å². The predicted octanol–water partition coefficient (Wildman–Crippen LogP) is 5.99. The maximum atomic E-state index is 13.2. The number of carbonyl (C=O) groups is 2. The Morgan fingerprint density at radius 2 is 1.92 bits per heavy atom. The monoisotopic (exact) mass is 719 g/mol. The minimum atomic E-state index is -0.367. The Kier molecular flexibility index (Phi) is 7.49. The Balaban J connectivity index is 1.83. The van der Waals surface area contributed by atoms with Gasteiger partial charge in [0.1, 0.15) is 0 Å². The number of rotatable bonds is 5. The third-order valence-electron chi connectivity index (χ3n) is 7.51. The van der Waals surface area contributed by atoms with Crippen LogP contribution in [-0.4, -0.2) is 35.6 Å². The summed E-state index contributed by atoms with van der Waals surface area (Å²) >= 11 is 0.389. The van der Waals surface area contributed by atoms with E-state index in [4.69, 9.17) is 9.47 Å². The Morgan fingerprint density at radius 1 is 1.14 bits per heavy atom. The minimum absolute atomic E-state index is 0.155. The third kappa shape index (κ3) is 4.61. The van der Waals surface area contributed by atoms with Crippen molar-refractivity contribution in [2.45, 2.75) is 44.6 Å². The second-order valence-corrected chi connectivity index (χ2v) is 10.4. The van der Waals surface area contributed by atoms with Crippen LogP contribution in [0, 0.1) is 31.6 Å². The third-order valence-corrected chi connectivity index (χ3v) is 8.51. The van der Waals surface area contributed by atoms with E-state index in [1.54, 1.807) is 7.11 Å².